The van der Waals surface area contributed by atoms with Gasteiger partial charge in [-0.05, 0) is 42.5 Å². The highest BCUT2D eigenvalue weighted by Crippen LogP contribution is 2.24. The summed E-state index contributed by atoms with van der Waals surface area (Å²) in [5.41, 5.74) is 0.405. The molecule has 0 aliphatic rings. The van der Waals surface area contributed by atoms with Gasteiger partial charge in [0, 0.05) is 22.6 Å². The summed E-state index contributed by atoms with van der Waals surface area (Å²) in [6.07, 6.45) is 0.110. The van der Waals surface area contributed by atoms with Gasteiger partial charge in [0.25, 0.3) is 0 Å². The Kier molecular flexibility index (Phi) is 5.51. The maximum absolute atomic E-state index is 12.8. The van der Waals surface area contributed by atoms with Gasteiger partial charge >= 0.3 is 0 Å². The zero-order valence-corrected chi connectivity index (χ0v) is 13.1. The Labute approximate surface area is 134 Å². The lowest BCUT2D eigenvalue weighted by molar-refractivity contribution is 0.0989. The van der Waals surface area contributed by atoms with Crippen molar-refractivity contribution in [3.05, 3.63) is 63.9 Å². The highest BCUT2D eigenvalue weighted by atomic mass is 35.5. The van der Waals surface area contributed by atoms with Crippen LogP contribution in [0.15, 0.2) is 47.4 Å². The average molecular weight is 345 g/mol. The Balaban J connectivity index is 1.98. The van der Waals surface area contributed by atoms with Gasteiger partial charge in [-0.2, -0.15) is 0 Å². The number of hydrogen-bond acceptors (Lipinski definition) is 2. The van der Waals surface area contributed by atoms with Crippen LogP contribution in [0, 0.1) is 5.82 Å². The highest BCUT2D eigenvalue weighted by Gasteiger charge is 2.11. The minimum atomic E-state index is -1.34. The molecular weight excluding hydrogens is 334 g/mol. The van der Waals surface area contributed by atoms with Crippen molar-refractivity contribution in [3.63, 3.8) is 0 Å². The number of hydrogen-bond donors (Lipinski definition) is 0. The first kappa shape index (κ1) is 16.1. The first-order valence-electron chi connectivity index (χ1n) is 6.09. The van der Waals surface area contributed by atoms with Crippen molar-refractivity contribution in [2.75, 3.05) is 5.75 Å². The monoisotopic (exact) mass is 344 g/mol. The zero-order chi connectivity index (χ0) is 15.4. The zero-order valence-electron chi connectivity index (χ0n) is 10.8. The fourth-order valence-corrected chi connectivity index (χ4v) is 3.14. The minimum absolute atomic E-state index is 0.110. The highest BCUT2D eigenvalue weighted by molar-refractivity contribution is 7.85. The summed E-state index contributed by atoms with van der Waals surface area (Å²) in [7, 11) is -1.34. The van der Waals surface area contributed by atoms with Crippen LogP contribution < -0.4 is 0 Å². The summed E-state index contributed by atoms with van der Waals surface area (Å²) in [6, 6.07) is 10.00. The molecule has 0 saturated heterocycles. The molecule has 1 unspecified atom stereocenters. The van der Waals surface area contributed by atoms with E-state index >= 15 is 0 Å². The molecule has 110 valence electrons. The van der Waals surface area contributed by atoms with Crippen molar-refractivity contribution in [2.24, 2.45) is 0 Å². The van der Waals surface area contributed by atoms with E-state index in [0.29, 0.717) is 20.5 Å². The molecule has 2 rings (SSSR count). The van der Waals surface area contributed by atoms with Crippen LogP contribution in [0.2, 0.25) is 10.0 Å². The Morgan fingerprint density at radius 1 is 1.05 bits per heavy atom. The van der Waals surface area contributed by atoms with E-state index in [1.54, 1.807) is 12.1 Å². The van der Waals surface area contributed by atoms with Crippen molar-refractivity contribution < 1.29 is 13.4 Å². The second-order valence-corrected chi connectivity index (χ2v) is 6.69. The Bertz CT molecular complexity index is 687. The van der Waals surface area contributed by atoms with Crippen LogP contribution in [-0.4, -0.2) is 15.7 Å². The number of Topliss-reactive ketones (excluding diaryl/α,β-unsaturated/α-hetero) is 1. The molecule has 6 heteroatoms. The number of rotatable bonds is 5. The Hall–Kier alpha value is -1.23. The molecule has 1 atom stereocenters. The van der Waals surface area contributed by atoms with E-state index < -0.39 is 16.6 Å². The molecule has 0 N–H and O–H groups in total. The topological polar surface area (TPSA) is 34.1 Å². The SMILES string of the molecule is O=C(CCS(=O)c1ccc(Cl)c(Cl)c1)c1ccc(F)cc1. The van der Waals surface area contributed by atoms with Crippen LogP contribution in [0.5, 0.6) is 0 Å². The second-order valence-electron chi connectivity index (χ2n) is 4.31. The molecule has 2 nitrogen and oxygen atoms in total. The van der Waals surface area contributed by atoms with Crippen molar-refractivity contribution in [3.8, 4) is 0 Å². The lowest BCUT2D eigenvalue weighted by atomic mass is 10.1. The fraction of sp³-hybridized carbons (Fsp3) is 0.133. The normalized spacial score (nSPS) is 12.1. The number of ketones is 1. The predicted octanol–water partition coefficient (Wildman–Crippen LogP) is 4.51. The third-order valence-electron chi connectivity index (χ3n) is 2.83. The largest absolute Gasteiger partial charge is 0.294 e. The standard InChI is InChI=1S/C15H11Cl2FO2S/c16-13-6-5-12(9-14(13)17)21(20)8-7-15(19)10-1-3-11(18)4-2-10/h1-6,9H,7-8H2. The maximum Gasteiger partial charge on any atom is 0.163 e. The molecule has 0 bridgehead atoms. The fourth-order valence-electron chi connectivity index (χ4n) is 1.70. The second kappa shape index (κ2) is 7.16. The van der Waals surface area contributed by atoms with Crippen LogP contribution in [0.1, 0.15) is 16.8 Å². The quantitative estimate of drug-likeness (QED) is 0.747. The molecule has 21 heavy (non-hydrogen) atoms. The van der Waals surface area contributed by atoms with Crippen molar-refractivity contribution in [1.29, 1.82) is 0 Å². The van der Waals surface area contributed by atoms with Gasteiger partial charge in [-0.25, -0.2) is 4.39 Å². The summed E-state index contributed by atoms with van der Waals surface area (Å²) < 4.78 is 24.9. The van der Waals surface area contributed by atoms with Crippen molar-refractivity contribution >= 4 is 39.8 Å². The molecule has 0 heterocycles. The van der Waals surface area contributed by atoms with Crippen LogP contribution in [-0.2, 0) is 10.8 Å². The molecule has 0 aliphatic carbocycles. The van der Waals surface area contributed by atoms with E-state index in [9.17, 15) is 13.4 Å². The van der Waals surface area contributed by atoms with E-state index in [2.05, 4.69) is 0 Å². The predicted molar refractivity (Wildman–Crippen MR) is 83.1 cm³/mol. The molecule has 0 aromatic heterocycles. The molecule has 0 amide bonds. The van der Waals surface area contributed by atoms with E-state index in [-0.39, 0.29) is 18.0 Å². The minimum Gasteiger partial charge on any atom is -0.294 e. The van der Waals surface area contributed by atoms with E-state index in [4.69, 9.17) is 23.2 Å². The molecule has 0 aliphatic heterocycles. The van der Waals surface area contributed by atoms with Crippen LogP contribution in [0.4, 0.5) is 4.39 Å². The number of carbonyl (C=O) groups excluding carboxylic acids is 1. The van der Waals surface area contributed by atoms with Gasteiger partial charge in [-0.3, -0.25) is 9.00 Å². The first-order chi connectivity index (χ1) is 9.97. The summed E-state index contributed by atoms with van der Waals surface area (Å²) in [5.74, 6) is -0.400. The lowest BCUT2D eigenvalue weighted by Gasteiger charge is -2.04. The van der Waals surface area contributed by atoms with E-state index in [1.165, 1.54) is 30.3 Å². The van der Waals surface area contributed by atoms with Gasteiger partial charge in [0.1, 0.15) is 5.82 Å². The number of carbonyl (C=O) groups is 1. The Morgan fingerprint density at radius 3 is 2.33 bits per heavy atom. The molecule has 2 aromatic rings. The summed E-state index contributed by atoms with van der Waals surface area (Å²) in [6.45, 7) is 0. The van der Waals surface area contributed by atoms with Crippen molar-refractivity contribution in [2.45, 2.75) is 11.3 Å². The number of benzene rings is 2. The van der Waals surface area contributed by atoms with Crippen LogP contribution in [0.25, 0.3) is 0 Å². The van der Waals surface area contributed by atoms with Gasteiger partial charge in [-0.15, -0.1) is 0 Å². The van der Waals surface area contributed by atoms with Crippen LogP contribution in [0.3, 0.4) is 0 Å². The molecule has 0 fully saturated rings. The van der Waals surface area contributed by atoms with Crippen LogP contribution >= 0.6 is 23.2 Å². The summed E-state index contributed by atoms with van der Waals surface area (Å²) in [4.78, 5) is 12.4. The van der Waals surface area contributed by atoms with Gasteiger partial charge in [0.15, 0.2) is 5.78 Å². The van der Waals surface area contributed by atoms with Crippen molar-refractivity contribution in [1.82, 2.24) is 0 Å². The summed E-state index contributed by atoms with van der Waals surface area (Å²) >= 11 is 11.7. The van der Waals surface area contributed by atoms with E-state index in [0.717, 1.165) is 0 Å². The van der Waals surface area contributed by atoms with Gasteiger partial charge in [-0.1, -0.05) is 23.2 Å². The molecule has 2 aromatic carbocycles. The van der Waals surface area contributed by atoms with Gasteiger partial charge in [0.05, 0.1) is 20.8 Å². The van der Waals surface area contributed by atoms with Gasteiger partial charge in [0.2, 0.25) is 0 Å². The smallest absolute Gasteiger partial charge is 0.163 e. The van der Waals surface area contributed by atoms with Gasteiger partial charge < -0.3 is 0 Å². The lowest BCUT2D eigenvalue weighted by Crippen LogP contribution is -2.06. The molecular formula is C15H11Cl2FO2S. The number of halogens is 3. The summed E-state index contributed by atoms with van der Waals surface area (Å²) in [5, 5.41) is 0.715. The molecule has 0 spiro atoms. The first-order valence-corrected chi connectivity index (χ1v) is 8.17. The van der Waals surface area contributed by atoms with E-state index in [1.807, 2.05) is 0 Å². The average Bonchev–Trinajstić information content (AvgIpc) is 2.48. The Morgan fingerprint density at radius 2 is 1.71 bits per heavy atom. The third-order valence-corrected chi connectivity index (χ3v) is 4.93. The molecule has 0 saturated carbocycles. The maximum atomic E-state index is 12.8. The third kappa shape index (κ3) is 4.37. The molecule has 0 radical (unpaired) electrons.